The molecule has 2 aromatic carbocycles. The van der Waals surface area contributed by atoms with Gasteiger partial charge in [0.15, 0.2) is 5.69 Å². The van der Waals surface area contributed by atoms with Gasteiger partial charge in [0, 0.05) is 25.8 Å². The first-order chi connectivity index (χ1) is 17.0. The van der Waals surface area contributed by atoms with Gasteiger partial charge in [-0.3, -0.25) is 19.1 Å². The van der Waals surface area contributed by atoms with Crippen molar-refractivity contribution in [3.8, 4) is 5.75 Å². The molecule has 9 heteroatoms. The van der Waals surface area contributed by atoms with Crippen LogP contribution in [0.25, 0.3) is 0 Å². The number of carbonyl (C=O) groups excluding carboxylic acids is 1. The van der Waals surface area contributed by atoms with E-state index in [0.29, 0.717) is 30.9 Å². The maximum absolute atomic E-state index is 13.5. The standard InChI is InChI=1S/C26H32N4O5/c1-3-4-17-35-21-13-11-20(12-14-21)25(32)29(15-8-16-34-2)22-23(27)30(26(33)28-24(22)31)18-19-9-6-5-7-10-19/h5-7,9-14H,3-4,8,15-18,27H2,1-2H3,(H,28,31,33). The predicted molar refractivity (Wildman–Crippen MR) is 136 cm³/mol. The molecular weight excluding hydrogens is 448 g/mol. The fraction of sp³-hybridized carbons (Fsp3) is 0.346. The number of nitrogens with two attached hydrogens (primary N) is 1. The van der Waals surface area contributed by atoms with Crippen LogP contribution in [-0.2, 0) is 11.3 Å². The molecule has 35 heavy (non-hydrogen) atoms. The third kappa shape index (κ3) is 6.60. The van der Waals surface area contributed by atoms with Gasteiger partial charge in [-0.2, -0.15) is 0 Å². The van der Waals surface area contributed by atoms with Gasteiger partial charge in [0.1, 0.15) is 11.6 Å². The third-order valence-corrected chi connectivity index (χ3v) is 5.51. The second kappa shape index (κ2) is 12.6. The van der Waals surface area contributed by atoms with Crippen molar-refractivity contribution in [2.75, 3.05) is 37.5 Å². The molecule has 0 atom stereocenters. The Balaban J connectivity index is 1.97. The maximum atomic E-state index is 13.5. The highest BCUT2D eigenvalue weighted by molar-refractivity contribution is 6.07. The van der Waals surface area contributed by atoms with Crippen molar-refractivity contribution in [2.45, 2.75) is 32.7 Å². The van der Waals surface area contributed by atoms with E-state index in [0.717, 1.165) is 18.4 Å². The van der Waals surface area contributed by atoms with Crippen molar-refractivity contribution in [1.82, 2.24) is 9.55 Å². The Kier molecular flexibility index (Phi) is 9.25. The first-order valence-corrected chi connectivity index (χ1v) is 11.7. The SMILES string of the molecule is CCCCOc1ccc(C(=O)N(CCCOC)c2c(N)n(Cc3ccccc3)c(=O)[nH]c2=O)cc1. The molecule has 0 saturated carbocycles. The Morgan fingerprint density at radius 3 is 2.40 bits per heavy atom. The van der Waals surface area contributed by atoms with E-state index >= 15 is 0 Å². The second-order valence-corrected chi connectivity index (χ2v) is 8.09. The Morgan fingerprint density at radius 1 is 1.03 bits per heavy atom. The van der Waals surface area contributed by atoms with Crippen LogP contribution in [0.3, 0.4) is 0 Å². The Labute approximate surface area is 204 Å². The maximum Gasteiger partial charge on any atom is 0.330 e. The lowest BCUT2D eigenvalue weighted by Crippen LogP contribution is -2.42. The largest absolute Gasteiger partial charge is 0.494 e. The summed E-state index contributed by atoms with van der Waals surface area (Å²) in [6, 6.07) is 16.0. The number of aromatic amines is 1. The van der Waals surface area contributed by atoms with E-state index in [9.17, 15) is 14.4 Å². The van der Waals surface area contributed by atoms with E-state index in [1.807, 2.05) is 30.3 Å². The highest BCUT2D eigenvalue weighted by Crippen LogP contribution is 2.22. The zero-order chi connectivity index (χ0) is 25.2. The third-order valence-electron chi connectivity index (χ3n) is 5.51. The van der Waals surface area contributed by atoms with Crippen molar-refractivity contribution in [1.29, 1.82) is 0 Å². The van der Waals surface area contributed by atoms with Crippen molar-refractivity contribution in [2.24, 2.45) is 0 Å². The molecular formula is C26H32N4O5. The van der Waals surface area contributed by atoms with E-state index < -0.39 is 17.2 Å². The molecule has 1 heterocycles. The Hall–Kier alpha value is -3.85. The van der Waals surface area contributed by atoms with Gasteiger partial charge < -0.3 is 20.1 Å². The molecule has 9 nitrogen and oxygen atoms in total. The number of hydrogen-bond acceptors (Lipinski definition) is 6. The molecule has 186 valence electrons. The highest BCUT2D eigenvalue weighted by Gasteiger charge is 2.25. The van der Waals surface area contributed by atoms with E-state index in [1.165, 1.54) is 9.47 Å². The number of aromatic nitrogens is 2. The average molecular weight is 481 g/mol. The molecule has 0 aliphatic heterocycles. The fourth-order valence-corrected chi connectivity index (χ4v) is 3.63. The van der Waals surface area contributed by atoms with Gasteiger partial charge in [0.2, 0.25) is 0 Å². The Morgan fingerprint density at radius 2 is 1.74 bits per heavy atom. The quantitative estimate of drug-likeness (QED) is 0.385. The van der Waals surface area contributed by atoms with Gasteiger partial charge in [-0.15, -0.1) is 0 Å². The number of H-pyrrole nitrogens is 1. The lowest BCUT2D eigenvalue weighted by Gasteiger charge is -2.24. The monoisotopic (exact) mass is 480 g/mol. The van der Waals surface area contributed by atoms with Crippen LogP contribution in [0.15, 0.2) is 64.2 Å². The number of nitrogens with one attached hydrogen (secondary N) is 1. The number of hydrogen-bond donors (Lipinski definition) is 2. The molecule has 0 spiro atoms. The predicted octanol–water partition coefficient (Wildman–Crippen LogP) is 3.03. The van der Waals surface area contributed by atoms with Crippen LogP contribution >= 0.6 is 0 Å². The minimum atomic E-state index is -0.720. The van der Waals surface area contributed by atoms with Gasteiger partial charge in [0.25, 0.3) is 11.5 Å². The molecule has 0 bridgehead atoms. The minimum Gasteiger partial charge on any atom is -0.494 e. The first-order valence-electron chi connectivity index (χ1n) is 11.7. The lowest BCUT2D eigenvalue weighted by atomic mass is 10.1. The lowest BCUT2D eigenvalue weighted by molar-refractivity contribution is 0.0983. The molecule has 3 N–H and O–H groups in total. The molecule has 3 aromatic rings. The van der Waals surface area contributed by atoms with Crippen LogP contribution in [0, 0.1) is 0 Å². The molecule has 0 aliphatic rings. The van der Waals surface area contributed by atoms with Crippen LogP contribution in [0.1, 0.15) is 42.1 Å². The molecule has 1 amide bonds. The van der Waals surface area contributed by atoms with Crippen LogP contribution < -0.4 is 26.6 Å². The number of methoxy groups -OCH3 is 1. The number of nitrogen functional groups attached to an aromatic ring is 1. The second-order valence-electron chi connectivity index (χ2n) is 8.09. The number of unbranched alkanes of at least 4 members (excludes halogenated alkanes) is 1. The summed E-state index contributed by atoms with van der Waals surface area (Å²) >= 11 is 0. The van der Waals surface area contributed by atoms with Crippen LogP contribution in [0.5, 0.6) is 5.75 Å². The first kappa shape index (κ1) is 25.8. The zero-order valence-electron chi connectivity index (χ0n) is 20.2. The van der Waals surface area contributed by atoms with Gasteiger partial charge in [-0.25, -0.2) is 4.79 Å². The summed E-state index contributed by atoms with van der Waals surface area (Å²) in [5.41, 5.74) is 6.11. The molecule has 0 fully saturated rings. The van der Waals surface area contributed by atoms with E-state index in [4.69, 9.17) is 15.2 Å². The van der Waals surface area contributed by atoms with Crippen molar-refractivity contribution in [3.05, 3.63) is 86.6 Å². The normalized spacial score (nSPS) is 10.8. The van der Waals surface area contributed by atoms with Crippen molar-refractivity contribution < 1.29 is 14.3 Å². The van der Waals surface area contributed by atoms with Gasteiger partial charge in [-0.1, -0.05) is 43.7 Å². The topological polar surface area (TPSA) is 120 Å². The molecule has 0 unspecified atom stereocenters. The van der Waals surface area contributed by atoms with Crippen LogP contribution in [0.2, 0.25) is 0 Å². The van der Waals surface area contributed by atoms with Crippen LogP contribution in [0.4, 0.5) is 11.5 Å². The summed E-state index contributed by atoms with van der Waals surface area (Å²) in [6.45, 7) is 3.40. The summed E-state index contributed by atoms with van der Waals surface area (Å²) in [5, 5.41) is 0. The van der Waals surface area contributed by atoms with Crippen LogP contribution in [-0.4, -0.2) is 42.3 Å². The fourth-order valence-electron chi connectivity index (χ4n) is 3.63. The highest BCUT2D eigenvalue weighted by atomic mass is 16.5. The number of ether oxygens (including phenoxy) is 2. The molecule has 0 aliphatic carbocycles. The summed E-state index contributed by atoms with van der Waals surface area (Å²) in [5.74, 6) is 0.172. The number of nitrogens with zero attached hydrogens (tertiary/aromatic N) is 2. The summed E-state index contributed by atoms with van der Waals surface area (Å²) in [7, 11) is 1.56. The molecule has 1 aromatic heterocycles. The number of benzene rings is 2. The van der Waals surface area contributed by atoms with Gasteiger partial charge in [-0.05, 0) is 42.7 Å². The smallest absolute Gasteiger partial charge is 0.330 e. The number of rotatable bonds is 12. The summed E-state index contributed by atoms with van der Waals surface area (Å²) in [4.78, 5) is 42.6. The number of amides is 1. The van der Waals surface area contributed by atoms with E-state index in [1.54, 1.807) is 31.4 Å². The summed E-state index contributed by atoms with van der Waals surface area (Å²) in [6.07, 6.45) is 2.43. The Bertz CT molecular complexity index is 1220. The number of anilines is 2. The minimum absolute atomic E-state index is 0.0649. The molecule has 0 radical (unpaired) electrons. The zero-order valence-corrected chi connectivity index (χ0v) is 20.2. The average Bonchev–Trinajstić information content (AvgIpc) is 2.86. The molecule has 0 saturated heterocycles. The number of carbonyl (C=O) groups is 1. The van der Waals surface area contributed by atoms with Crippen molar-refractivity contribution >= 4 is 17.4 Å². The van der Waals surface area contributed by atoms with Crippen molar-refractivity contribution in [3.63, 3.8) is 0 Å². The molecule has 3 rings (SSSR count). The van der Waals surface area contributed by atoms with E-state index in [2.05, 4.69) is 11.9 Å². The summed E-state index contributed by atoms with van der Waals surface area (Å²) < 4.78 is 12.1. The van der Waals surface area contributed by atoms with Gasteiger partial charge in [0.05, 0.1) is 13.2 Å². The van der Waals surface area contributed by atoms with Gasteiger partial charge >= 0.3 is 5.69 Å². The van der Waals surface area contributed by atoms with E-state index in [-0.39, 0.29) is 24.6 Å².